The predicted octanol–water partition coefficient (Wildman–Crippen LogP) is 2.12. The Hall–Kier alpha value is -1.87. The van der Waals surface area contributed by atoms with Crippen molar-refractivity contribution in [1.82, 2.24) is 9.88 Å². The van der Waals surface area contributed by atoms with Crippen LogP contribution in [0.4, 0.5) is 0 Å². The van der Waals surface area contributed by atoms with E-state index in [-0.39, 0.29) is 17.6 Å². The van der Waals surface area contributed by atoms with Gasteiger partial charge in [0.2, 0.25) is 11.8 Å². The molecule has 0 unspecified atom stereocenters. The second kappa shape index (κ2) is 6.27. The average Bonchev–Trinajstić information content (AvgIpc) is 2.88. The first-order valence-corrected chi connectivity index (χ1v) is 7.78. The number of pyridine rings is 1. The summed E-state index contributed by atoms with van der Waals surface area (Å²) >= 11 is 1.23. The van der Waals surface area contributed by atoms with Crippen LogP contribution in [0.25, 0.3) is 0 Å². The second-order valence-electron chi connectivity index (χ2n) is 5.07. The van der Waals surface area contributed by atoms with Crippen molar-refractivity contribution < 1.29 is 9.59 Å². The van der Waals surface area contributed by atoms with E-state index in [0.717, 1.165) is 23.2 Å². The van der Waals surface area contributed by atoms with Crippen molar-refractivity contribution in [3.63, 3.8) is 0 Å². The van der Waals surface area contributed by atoms with E-state index in [1.807, 2.05) is 20.8 Å². The van der Waals surface area contributed by atoms with Gasteiger partial charge in [-0.25, -0.2) is 4.98 Å². The van der Waals surface area contributed by atoms with Crippen molar-refractivity contribution in [3.05, 3.63) is 22.4 Å². The fourth-order valence-corrected chi connectivity index (χ4v) is 3.23. The maximum absolute atomic E-state index is 12.0. The molecule has 0 radical (unpaired) electrons. The van der Waals surface area contributed by atoms with Crippen LogP contribution in [0.15, 0.2) is 5.03 Å². The number of carbonyl (C=O) groups excluding carboxylic acids is 2. The number of nitriles is 1. The lowest BCUT2D eigenvalue weighted by Crippen LogP contribution is -2.33. The van der Waals surface area contributed by atoms with Crippen LogP contribution in [0, 0.1) is 32.1 Å². The highest BCUT2D eigenvalue weighted by molar-refractivity contribution is 8.00. The molecule has 110 valence electrons. The van der Waals surface area contributed by atoms with Gasteiger partial charge in [0.05, 0.1) is 11.3 Å². The Bertz CT molecular complexity index is 649. The number of imide groups is 1. The molecular formula is C15H17N3O2S. The summed E-state index contributed by atoms with van der Waals surface area (Å²) in [5, 5.41) is 9.85. The van der Waals surface area contributed by atoms with Gasteiger partial charge >= 0.3 is 0 Å². The number of rotatable bonds is 3. The number of hydrogen-bond acceptors (Lipinski definition) is 5. The molecule has 0 saturated carbocycles. The quantitative estimate of drug-likeness (QED) is 0.800. The topological polar surface area (TPSA) is 74.1 Å². The Morgan fingerprint density at radius 1 is 1.38 bits per heavy atom. The van der Waals surface area contributed by atoms with Crippen LogP contribution in [0.5, 0.6) is 0 Å². The van der Waals surface area contributed by atoms with Crippen molar-refractivity contribution in [2.75, 3.05) is 12.3 Å². The van der Waals surface area contributed by atoms with Gasteiger partial charge in [-0.05, 0) is 38.3 Å². The Morgan fingerprint density at radius 2 is 2.10 bits per heavy atom. The van der Waals surface area contributed by atoms with E-state index in [2.05, 4.69) is 11.1 Å². The number of thioether (sulfide) groups is 1. The predicted molar refractivity (Wildman–Crippen MR) is 79.8 cm³/mol. The standard InChI is InChI=1S/C15H17N3O2S/c1-9-10(2)12(7-16)15(17-11(9)3)21-8-14(20)18-6-4-5-13(18)19/h4-6,8H2,1-3H3. The minimum atomic E-state index is -0.205. The highest BCUT2D eigenvalue weighted by atomic mass is 32.2. The van der Waals surface area contributed by atoms with Crippen LogP contribution >= 0.6 is 11.8 Å². The first kappa shape index (κ1) is 15.5. The van der Waals surface area contributed by atoms with Crippen molar-refractivity contribution in [2.24, 2.45) is 0 Å². The molecule has 0 spiro atoms. The zero-order valence-electron chi connectivity index (χ0n) is 12.4. The number of aromatic nitrogens is 1. The molecule has 6 heteroatoms. The number of hydrogen-bond donors (Lipinski definition) is 0. The van der Waals surface area contributed by atoms with Crippen LogP contribution in [0.1, 0.15) is 35.2 Å². The second-order valence-corrected chi connectivity index (χ2v) is 6.03. The number of likely N-dealkylation sites (tertiary alicyclic amines) is 1. The zero-order chi connectivity index (χ0) is 15.6. The van der Waals surface area contributed by atoms with E-state index >= 15 is 0 Å². The van der Waals surface area contributed by atoms with Gasteiger partial charge in [0.1, 0.15) is 11.1 Å². The number of nitrogens with zero attached hydrogens (tertiary/aromatic N) is 3. The Morgan fingerprint density at radius 3 is 2.67 bits per heavy atom. The summed E-state index contributed by atoms with van der Waals surface area (Å²) in [4.78, 5) is 29.3. The van der Waals surface area contributed by atoms with Gasteiger partial charge in [-0.1, -0.05) is 11.8 Å². The van der Waals surface area contributed by atoms with Crippen LogP contribution in [0.3, 0.4) is 0 Å². The summed E-state index contributed by atoms with van der Waals surface area (Å²) in [5.74, 6) is -0.176. The lowest BCUT2D eigenvalue weighted by Gasteiger charge is -2.14. The lowest BCUT2D eigenvalue weighted by molar-refractivity contribution is -0.140. The van der Waals surface area contributed by atoms with E-state index in [1.165, 1.54) is 16.7 Å². The van der Waals surface area contributed by atoms with Gasteiger partial charge in [-0.2, -0.15) is 5.26 Å². The fraction of sp³-hybridized carbons (Fsp3) is 0.467. The molecule has 0 bridgehead atoms. The SMILES string of the molecule is Cc1nc(SCC(=O)N2CCCC2=O)c(C#N)c(C)c1C. The van der Waals surface area contributed by atoms with Gasteiger partial charge in [0.15, 0.2) is 0 Å². The molecule has 2 amide bonds. The summed E-state index contributed by atoms with van der Waals surface area (Å²) in [6, 6.07) is 2.16. The summed E-state index contributed by atoms with van der Waals surface area (Å²) in [6.07, 6.45) is 1.18. The number of carbonyl (C=O) groups is 2. The van der Waals surface area contributed by atoms with E-state index in [0.29, 0.717) is 23.6 Å². The minimum Gasteiger partial charge on any atom is -0.282 e. The Balaban J connectivity index is 2.15. The third kappa shape index (κ3) is 3.08. The molecule has 1 saturated heterocycles. The fourth-order valence-electron chi connectivity index (χ4n) is 2.27. The van der Waals surface area contributed by atoms with Crippen LogP contribution in [-0.2, 0) is 9.59 Å². The van der Waals surface area contributed by atoms with E-state index in [4.69, 9.17) is 0 Å². The van der Waals surface area contributed by atoms with Gasteiger partial charge < -0.3 is 0 Å². The summed E-state index contributed by atoms with van der Waals surface area (Å²) in [7, 11) is 0. The van der Waals surface area contributed by atoms with Crippen molar-refractivity contribution in [3.8, 4) is 6.07 Å². The Kier molecular flexibility index (Phi) is 4.63. The maximum atomic E-state index is 12.0. The molecule has 5 nitrogen and oxygen atoms in total. The van der Waals surface area contributed by atoms with Gasteiger partial charge in [0, 0.05) is 18.7 Å². The molecule has 0 aliphatic carbocycles. The van der Waals surface area contributed by atoms with Gasteiger partial charge in [0.25, 0.3) is 0 Å². The third-order valence-corrected chi connectivity index (χ3v) is 4.74. The van der Waals surface area contributed by atoms with Crippen LogP contribution in [0.2, 0.25) is 0 Å². The van der Waals surface area contributed by atoms with Gasteiger partial charge in [-0.15, -0.1) is 0 Å². The van der Waals surface area contributed by atoms with E-state index in [1.54, 1.807) is 0 Å². The molecule has 1 fully saturated rings. The monoisotopic (exact) mass is 303 g/mol. The number of aryl methyl sites for hydroxylation is 1. The molecule has 1 aliphatic heterocycles. The molecule has 0 aromatic carbocycles. The first-order chi connectivity index (χ1) is 9.95. The highest BCUT2D eigenvalue weighted by Crippen LogP contribution is 2.27. The van der Waals surface area contributed by atoms with E-state index in [9.17, 15) is 14.9 Å². The molecular weight excluding hydrogens is 286 g/mol. The molecule has 0 atom stereocenters. The smallest absolute Gasteiger partial charge is 0.239 e. The van der Waals surface area contributed by atoms with E-state index < -0.39 is 0 Å². The zero-order valence-corrected chi connectivity index (χ0v) is 13.2. The molecule has 2 heterocycles. The third-order valence-electron chi connectivity index (χ3n) is 3.78. The summed E-state index contributed by atoms with van der Waals surface area (Å²) in [5.41, 5.74) is 3.27. The van der Waals surface area contributed by atoms with Crippen molar-refractivity contribution in [1.29, 1.82) is 5.26 Å². The van der Waals surface area contributed by atoms with Crippen LogP contribution in [-0.4, -0.2) is 34.0 Å². The molecule has 2 rings (SSSR count). The minimum absolute atomic E-state index is 0.106. The normalized spacial score (nSPS) is 14.4. The molecule has 1 aromatic rings. The highest BCUT2D eigenvalue weighted by Gasteiger charge is 2.26. The van der Waals surface area contributed by atoms with Crippen molar-refractivity contribution >= 4 is 23.6 Å². The Labute approximate surface area is 128 Å². The first-order valence-electron chi connectivity index (χ1n) is 6.79. The lowest BCUT2D eigenvalue weighted by atomic mass is 10.1. The average molecular weight is 303 g/mol. The maximum Gasteiger partial charge on any atom is 0.239 e. The van der Waals surface area contributed by atoms with Crippen LogP contribution < -0.4 is 0 Å². The molecule has 0 N–H and O–H groups in total. The summed E-state index contributed by atoms with van der Waals surface area (Å²) in [6.45, 7) is 6.21. The number of amides is 2. The van der Waals surface area contributed by atoms with Gasteiger partial charge in [-0.3, -0.25) is 14.5 Å². The molecule has 1 aliphatic rings. The molecule has 21 heavy (non-hydrogen) atoms. The van der Waals surface area contributed by atoms with Crippen molar-refractivity contribution in [2.45, 2.75) is 38.6 Å². The largest absolute Gasteiger partial charge is 0.282 e. The molecule has 1 aromatic heterocycles. The summed E-state index contributed by atoms with van der Waals surface area (Å²) < 4.78 is 0.